The van der Waals surface area contributed by atoms with Gasteiger partial charge in [-0.05, 0) is 44.9 Å². The van der Waals surface area contributed by atoms with Crippen LogP contribution >= 0.6 is 0 Å². The van der Waals surface area contributed by atoms with E-state index in [0.717, 1.165) is 25.7 Å². The Hall–Kier alpha value is -1.13. The van der Waals surface area contributed by atoms with Gasteiger partial charge in [0.1, 0.15) is 0 Å². The van der Waals surface area contributed by atoms with Crippen LogP contribution in [0.2, 0.25) is 0 Å². The highest BCUT2D eigenvalue weighted by Gasteiger charge is 2.18. The molecule has 0 aliphatic rings. The predicted molar refractivity (Wildman–Crippen MR) is 286 cm³/mol. The first-order valence-electron chi connectivity index (χ1n) is 29.6. The van der Waals surface area contributed by atoms with Gasteiger partial charge in [0.2, 0.25) is 5.91 Å². The van der Waals surface area contributed by atoms with Crippen molar-refractivity contribution in [3.05, 3.63) is 24.3 Å². The lowest BCUT2D eigenvalue weighted by Crippen LogP contribution is -2.45. The zero-order valence-electron chi connectivity index (χ0n) is 43.8. The van der Waals surface area contributed by atoms with Gasteiger partial charge in [-0.15, -0.1) is 0 Å². The van der Waals surface area contributed by atoms with Gasteiger partial charge in [-0.25, -0.2) is 0 Å². The molecule has 3 N–H and O–H groups in total. The van der Waals surface area contributed by atoms with E-state index < -0.39 is 12.1 Å². The van der Waals surface area contributed by atoms with Crippen molar-refractivity contribution >= 4 is 5.91 Å². The first-order valence-corrected chi connectivity index (χ1v) is 29.6. The normalized spacial score (nSPS) is 12.9. The van der Waals surface area contributed by atoms with E-state index >= 15 is 0 Å². The minimum atomic E-state index is -0.837. The SMILES string of the molecule is CCCCCCCCCC/C=C\CCCCCCCCCCCCCCCCCCCCCCCC(=O)NC(CO)C(O)/C=C/CCCCCCCCCCCCCCCCCCC. The van der Waals surface area contributed by atoms with Gasteiger partial charge in [-0.3, -0.25) is 4.79 Å². The van der Waals surface area contributed by atoms with Crippen molar-refractivity contribution in [2.24, 2.45) is 0 Å². The molecule has 2 unspecified atom stereocenters. The quantitative estimate of drug-likeness (QED) is 0.0421. The van der Waals surface area contributed by atoms with Crippen LogP contribution in [0.3, 0.4) is 0 Å². The van der Waals surface area contributed by atoms with Crippen molar-refractivity contribution in [1.29, 1.82) is 0 Å². The minimum absolute atomic E-state index is 0.0567. The van der Waals surface area contributed by atoms with Gasteiger partial charge in [0.15, 0.2) is 0 Å². The fraction of sp³-hybridized carbons (Fsp3) is 0.917. The molecule has 64 heavy (non-hydrogen) atoms. The van der Waals surface area contributed by atoms with Crippen LogP contribution in [0.25, 0.3) is 0 Å². The summed E-state index contributed by atoms with van der Waals surface area (Å²) in [6.45, 7) is 4.35. The van der Waals surface area contributed by atoms with Gasteiger partial charge in [0.05, 0.1) is 18.8 Å². The summed E-state index contributed by atoms with van der Waals surface area (Å²) in [5.74, 6) is -0.0567. The standard InChI is InChI=1S/C60H117NO3/c1-3-5-7-9-11-13-15-17-19-21-23-24-25-26-27-28-29-30-31-32-33-34-35-36-38-40-42-44-46-48-50-52-54-56-60(64)61-58(57-62)59(63)55-53-51-49-47-45-43-41-39-37-22-20-18-16-14-12-10-8-6-4-2/h21,23,53,55,58-59,62-63H,3-20,22,24-52,54,56-57H2,1-2H3,(H,61,64)/b23-21-,55-53+. The lowest BCUT2D eigenvalue weighted by Gasteiger charge is -2.20. The van der Waals surface area contributed by atoms with Gasteiger partial charge in [0.25, 0.3) is 0 Å². The van der Waals surface area contributed by atoms with Crippen LogP contribution in [0.1, 0.15) is 335 Å². The van der Waals surface area contributed by atoms with E-state index in [4.69, 9.17) is 0 Å². The Morgan fingerprint density at radius 2 is 0.594 bits per heavy atom. The number of aliphatic hydroxyl groups is 2. The summed E-state index contributed by atoms with van der Waals surface area (Å²) in [5, 5.41) is 23.2. The maximum absolute atomic E-state index is 12.5. The second kappa shape index (κ2) is 56.2. The van der Waals surface area contributed by atoms with Crippen LogP contribution < -0.4 is 5.32 Å². The monoisotopic (exact) mass is 900 g/mol. The molecule has 0 spiro atoms. The summed E-state index contributed by atoms with van der Waals surface area (Å²) < 4.78 is 0. The van der Waals surface area contributed by atoms with E-state index in [2.05, 4.69) is 31.3 Å². The second-order valence-corrected chi connectivity index (χ2v) is 20.4. The molecule has 2 atom stereocenters. The number of hydrogen-bond donors (Lipinski definition) is 3. The van der Waals surface area contributed by atoms with Crippen molar-refractivity contribution in [1.82, 2.24) is 5.32 Å². The van der Waals surface area contributed by atoms with Gasteiger partial charge in [-0.2, -0.15) is 0 Å². The smallest absolute Gasteiger partial charge is 0.220 e. The van der Waals surface area contributed by atoms with Crippen LogP contribution in [-0.2, 0) is 4.79 Å². The molecule has 4 heteroatoms. The number of unbranched alkanes of at least 4 members (excludes halogenated alkanes) is 46. The molecule has 0 saturated heterocycles. The maximum Gasteiger partial charge on any atom is 0.220 e. The molecule has 380 valence electrons. The molecule has 1 amide bonds. The van der Waals surface area contributed by atoms with Crippen molar-refractivity contribution in [3.8, 4) is 0 Å². The van der Waals surface area contributed by atoms with Crippen molar-refractivity contribution in [2.75, 3.05) is 6.61 Å². The van der Waals surface area contributed by atoms with Crippen molar-refractivity contribution in [3.63, 3.8) is 0 Å². The third kappa shape index (κ3) is 51.8. The molecular weight excluding hydrogens is 783 g/mol. The summed E-state index contributed by atoms with van der Waals surface area (Å²) in [6, 6.07) is -0.619. The number of carbonyl (C=O) groups excluding carboxylic acids is 1. The molecule has 0 aromatic rings. The fourth-order valence-electron chi connectivity index (χ4n) is 9.41. The molecule has 0 aliphatic heterocycles. The highest BCUT2D eigenvalue weighted by molar-refractivity contribution is 5.76. The number of amides is 1. The molecule has 0 aromatic carbocycles. The van der Waals surface area contributed by atoms with Crippen molar-refractivity contribution in [2.45, 2.75) is 347 Å². The number of hydrogen-bond acceptors (Lipinski definition) is 3. The van der Waals surface area contributed by atoms with E-state index in [1.54, 1.807) is 6.08 Å². The van der Waals surface area contributed by atoms with Gasteiger partial charge in [-0.1, -0.05) is 308 Å². The number of nitrogens with one attached hydrogen (secondary N) is 1. The summed E-state index contributed by atoms with van der Waals surface area (Å²) in [6.07, 6.45) is 75.0. The molecule has 0 aliphatic carbocycles. The average molecular weight is 901 g/mol. The third-order valence-corrected chi connectivity index (χ3v) is 13.9. The van der Waals surface area contributed by atoms with Gasteiger partial charge in [0, 0.05) is 6.42 Å². The van der Waals surface area contributed by atoms with Crippen LogP contribution in [0.15, 0.2) is 24.3 Å². The zero-order chi connectivity index (χ0) is 46.3. The largest absolute Gasteiger partial charge is 0.394 e. The Morgan fingerprint density at radius 1 is 0.359 bits per heavy atom. The lowest BCUT2D eigenvalue weighted by atomic mass is 10.0. The van der Waals surface area contributed by atoms with Crippen LogP contribution in [0.4, 0.5) is 0 Å². The lowest BCUT2D eigenvalue weighted by molar-refractivity contribution is -0.123. The first-order chi connectivity index (χ1) is 31.7. The molecule has 0 radical (unpaired) electrons. The zero-order valence-corrected chi connectivity index (χ0v) is 43.8. The number of aliphatic hydroxyl groups excluding tert-OH is 2. The topological polar surface area (TPSA) is 69.6 Å². The molecule has 0 saturated carbocycles. The molecule has 0 fully saturated rings. The summed E-state index contributed by atoms with van der Waals surface area (Å²) in [4.78, 5) is 12.5. The predicted octanol–water partition coefficient (Wildman–Crippen LogP) is 19.5. The fourth-order valence-corrected chi connectivity index (χ4v) is 9.41. The van der Waals surface area contributed by atoms with Gasteiger partial charge < -0.3 is 15.5 Å². The first kappa shape index (κ1) is 62.9. The molecular formula is C60H117NO3. The molecule has 0 heterocycles. The maximum atomic E-state index is 12.5. The van der Waals surface area contributed by atoms with E-state index in [9.17, 15) is 15.0 Å². The second-order valence-electron chi connectivity index (χ2n) is 20.4. The molecule has 0 bridgehead atoms. The molecule has 0 aromatic heterocycles. The Morgan fingerprint density at radius 3 is 0.859 bits per heavy atom. The van der Waals surface area contributed by atoms with Crippen molar-refractivity contribution < 1.29 is 15.0 Å². The highest BCUT2D eigenvalue weighted by Crippen LogP contribution is 2.18. The third-order valence-electron chi connectivity index (χ3n) is 13.9. The van der Waals surface area contributed by atoms with Crippen LogP contribution in [0, 0.1) is 0 Å². The van der Waals surface area contributed by atoms with E-state index in [0.29, 0.717) is 6.42 Å². The number of carbonyl (C=O) groups is 1. The Bertz CT molecular complexity index is 932. The Labute approximate surface area is 402 Å². The van der Waals surface area contributed by atoms with Crippen LogP contribution in [-0.4, -0.2) is 34.9 Å². The van der Waals surface area contributed by atoms with E-state index in [-0.39, 0.29) is 12.5 Å². The molecule has 0 rings (SSSR count). The summed E-state index contributed by atoms with van der Waals surface area (Å²) >= 11 is 0. The number of rotatable bonds is 55. The Balaban J connectivity index is 3.42. The van der Waals surface area contributed by atoms with Crippen LogP contribution in [0.5, 0.6) is 0 Å². The van der Waals surface area contributed by atoms with E-state index in [1.807, 2.05) is 6.08 Å². The average Bonchev–Trinajstić information content (AvgIpc) is 3.30. The van der Waals surface area contributed by atoms with E-state index in [1.165, 1.54) is 289 Å². The Kier molecular flexibility index (Phi) is 55.2. The summed E-state index contributed by atoms with van der Waals surface area (Å²) in [5.41, 5.74) is 0. The number of allylic oxidation sites excluding steroid dienone is 3. The minimum Gasteiger partial charge on any atom is -0.394 e. The highest BCUT2D eigenvalue weighted by atomic mass is 16.3. The molecule has 4 nitrogen and oxygen atoms in total. The summed E-state index contributed by atoms with van der Waals surface area (Å²) in [7, 11) is 0. The van der Waals surface area contributed by atoms with Gasteiger partial charge >= 0.3 is 0 Å².